The third kappa shape index (κ3) is 3.89. The SMILES string of the molecule is Cc1c(O)c(CCC(C)CCCC(C)C)c(C)c2c1CCC1(CCC1)O2. The first-order valence-corrected chi connectivity index (χ1v) is 10.9. The Balaban J connectivity index is 1.71. The average molecular weight is 359 g/mol. The van der Waals surface area contributed by atoms with E-state index in [4.69, 9.17) is 4.74 Å². The van der Waals surface area contributed by atoms with Gasteiger partial charge in [-0.15, -0.1) is 0 Å². The minimum atomic E-state index is 0.114. The van der Waals surface area contributed by atoms with Gasteiger partial charge >= 0.3 is 0 Å². The third-order valence-corrected chi connectivity index (χ3v) is 6.94. The second kappa shape index (κ2) is 7.82. The highest BCUT2D eigenvalue weighted by Crippen LogP contribution is 2.49. The van der Waals surface area contributed by atoms with Crippen molar-refractivity contribution in [1.82, 2.24) is 0 Å². The molecule has 3 rings (SSSR count). The van der Waals surface area contributed by atoms with Gasteiger partial charge in [-0.3, -0.25) is 0 Å². The minimum Gasteiger partial charge on any atom is -0.507 e. The third-order valence-electron chi connectivity index (χ3n) is 6.94. The van der Waals surface area contributed by atoms with E-state index in [-0.39, 0.29) is 5.60 Å². The van der Waals surface area contributed by atoms with Crippen LogP contribution in [-0.2, 0) is 12.8 Å². The van der Waals surface area contributed by atoms with Crippen LogP contribution in [0.15, 0.2) is 0 Å². The topological polar surface area (TPSA) is 29.5 Å². The molecule has 0 radical (unpaired) electrons. The molecule has 1 unspecified atom stereocenters. The predicted octanol–water partition coefficient (Wildman–Crippen LogP) is 6.65. The first-order valence-electron chi connectivity index (χ1n) is 10.9. The molecule has 1 spiro atoms. The number of phenols is 1. The number of aromatic hydroxyl groups is 1. The molecule has 1 N–H and O–H groups in total. The Kier molecular flexibility index (Phi) is 5.89. The van der Waals surface area contributed by atoms with Crippen LogP contribution in [0.4, 0.5) is 0 Å². The maximum absolute atomic E-state index is 10.8. The van der Waals surface area contributed by atoms with Crippen LogP contribution in [-0.4, -0.2) is 10.7 Å². The van der Waals surface area contributed by atoms with E-state index in [0.29, 0.717) is 11.7 Å². The van der Waals surface area contributed by atoms with Crippen LogP contribution >= 0.6 is 0 Å². The van der Waals surface area contributed by atoms with Crippen molar-refractivity contribution in [3.05, 3.63) is 22.3 Å². The van der Waals surface area contributed by atoms with Crippen LogP contribution in [0.2, 0.25) is 0 Å². The largest absolute Gasteiger partial charge is 0.507 e. The minimum absolute atomic E-state index is 0.114. The molecule has 1 aliphatic heterocycles. The summed E-state index contributed by atoms with van der Waals surface area (Å²) in [4.78, 5) is 0. The van der Waals surface area contributed by atoms with E-state index in [1.807, 2.05) is 0 Å². The zero-order valence-electron chi connectivity index (χ0n) is 17.6. The van der Waals surface area contributed by atoms with Crippen molar-refractivity contribution < 1.29 is 9.84 Å². The summed E-state index contributed by atoms with van der Waals surface area (Å²) in [5.41, 5.74) is 4.76. The normalized spacial score (nSPS) is 19.2. The highest BCUT2D eigenvalue weighted by atomic mass is 16.5. The molecule has 2 aliphatic rings. The Morgan fingerprint density at radius 1 is 1.00 bits per heavy atom. The van der Waals surface area contributed by atoms with Crippen molar-refractivity contribution in [3.63, 3.8) is 0 Å². The van der Waals surface area contributed by atoms with E-state index in [1.165, 1.54) is 49.7 Å². The van der Waals surface area contributed by atoms with Gasteiger partial charge in [0.15, 0.2) is 0 Å². The molecule has 146 valence electrons. The molecule has 1 fully saturated rings. The lowest BCUT2D eigenvalue weighted by Crippen LogP contribution is -2.46. The maximum atomic E-state index is 10.8. The fourth-order valence-corrected chi connectivity index (χ4v) is 4.78. The Morgan fingerprint density at radius 2 is 1.73 bits per heavy atom. The van der Waals surface area contributed by atoms with Crippen LogP contribution < -0.4 is 4.74 Å². The summed E-state index contributed by atoms with van der Waals surface area (Å²) in [6, 6.07) is 0. The highest BCUT2D eigenvalue weighted by Gasteiger charge is 2.43. The molecule has 1 aromatic rings. The zero-order chi connectivity index (χ0) is 18.9. The number of hydrogen-bond donors (Lipinski definition) is 1. The lowest BCUT2D eigenvalue weighted by Gasteiger charge is -2.46. The predicted molar refractivity (Wildman–Crippen MR) is 109 cm³/mol. The molecule has 26 heavy (non-hydrogen) atoms. The molecular weight excluding hydrogens is 320 g/mol. The quantitative estimate of drug-likeness (QED) is 0.591. The van der Waals surface area contributed by atoms with Crippen molar-refractivity contribution in [2.24, 2.45) is 11.8 Å². The summed E-state index contributed by atoms with van der Waals surface area (Å²) in [5, 5.41) is 10.8. The molecule has 1 aliphatic carbocycles. The van der Waals surface area contributed by atoms with Crippen LogP contribution in [0.5, 0.6) is 11.5 Å². The standard InChI is InChI=1S/C24H38O2/c1-16(2)8-6-9-17(3)10-11-20-19(5)23-21(18(4)22(20)25)12-15-24(26-23)13-7-14-24/h16-17,25H,6-15H2,1-5H3. The molecule has 0 saturated heterocycles. The van der Waals surface area contributed by atoms with Crippen molar-refractivity contribution in [2.75, 3.05) is 0 Å². The van der Waals surface area contributed by atoms with Gasteiger partial charge in [-0.2, -0.15) is 0 Å². The highest BCUT2D eigenvalue weighted by molar-refractivity contribution is 5.59. The summed E-state index contributed by atoms with van der Waals surface area (Å²) in [5.74, 6) is 3.15. The van der Waals surface area contributed by atoms with Gasteiger partial charge in [0, 0.05) is 11.1 Å². The van der Waals surface area contributed by atoms with E-state index < -0.39 is 0 Å². The van der Waals surface area contributed by atoms with Crippen molar-refractivity contribution >= 4 is 0 Å². The summed E-state index contributed by atoms with van der Waals surface area (Å²) in [6.07, 6.45) is 11.9. The zero-order valence-corrected chi connectivity index (χ0v) is 17.6. The van der Waals surface area contributed by atoms with Gasteiger partial charge in [0.25, 0.3) is 0 Å². The van der Waals surface area contributed by atoms with Crippen LogP contribution in [0.1, 0.15) is 94.4 Å². The van der Waals surface area contributed by atoms with Gasteiger partial charge in [-0.1, -0.05) is 40.0 Å². The molecular formula is C24H38O2. The van der Waals surface area contributed by atoms with Crippen LogP contribution in [0.25, 0.3) is 0 Å². The van der Waals surface area contributed by atoms with E-state index >= 15 is 0 Å². The van der Waals surface area contributed by atoms with Crippen LogP contribution in [0, 0.1) is 25.7 Å². The van der Waals surface area contributed by atoms with Crippen molar-refractivity contribution in [1.29, 1.82) is 0 Å². The molecule has 1 aromatic carbocycles. The Bertz CT molecular complexity index is 640. The van der Waals surface area contributed by atoms with E-state index in [0.717, 1.165) is 48.5 Å². The lowest BCUT2D eigenvalue weighted by atomic mass is 9.73. The van der Waals surface area contributed by atoms with E-state index in [9.17, 15) is 5.11 Å². The van der Waals surface area contributed by atoms with E-state index in [2.05, 4.69) is 34.6 Å². The molecule has 0 bridgehead atoms. The Morgan fingerprint density at radius 3 is 2.35 bits per heavy atom. The van der Waals surface area contributed by atoms with Gasteiger partial charge in [0.05, 0.1) is 0 Å². The smallest absolute Gasteiger partial charge is 0.127 e. The molecule has 1 atom stereocenters. The number of ether oxygens (including phenoxy) is 1. The summed E-state index contributed by atoms with van der Waals surface area (Å²) in [6.45, 7) is 11.2. The number of phenolic OH excluding ortho intramolecular Hbond substituents is 1. The number of fused-ring (bicyclic) bond motifs is 1. The molecule has 2 nitrogen and oxygen atoms in total. The summed E-state index contributed by atoms with van der Waals surface area (Å²) < 4.78 is 6.55. The van der Waals surface area contributed by atoms with Crippen LogP contribution in [0.3, 0.4) is 0 Å². The summed E-state index contributed by atoms with van der Waals surface area (Å²) in [7, 11) is 0. The monoisotopic (exact) mass is 358 g/mol. The fraction of sp³-hybridized carbons (Fsp3) is 0.750. The average Bonchev–Trinajstić information content (AvgIpc) is 2.57. The molecule has 0 aromatic heterocycles. The maximum Gasteiger partial charge on any atom is 0.127 e. The molecule has 2 heteroatoms. The summed E-state index contributed by atoms with van der Waals surface area (Å²) >= 11 is 0. The second-order valence-corrected chi connectivity index (χ2v) is 9.49. The molecule has 1 heterocycles. The van der Waals surface area contributed by atoms with Gasteiger partial charge in [-0.05, 0) is 81.8 Å². The molecule has 0 amide bonds. The molecule has 1 saturated carbocycles. The number of hydrogen-bond acceptors (Lipinski definition) is 2. The van der Waals surface area contributed by atoms with Gasteiger partial charge in [0.1, 0.15) is 17.1 Å². The second-order valence-electron chi connectivity index (χ2n) is 9.49. The van der Waals surface area contributed by atoms with Crippen molar-refractivity contribution in [2.45, 2.75) is 104 Å². The van der Waals surface area contributed by atoms with Gasteiger partial charge < -0.3 is 9.84 Å². The fourth-order valence-electron chi connectivity index (χ4n) is 4.78. The first kappa shape index (κ1) is 19.6. The van der Waals surface area contributed by atoms with E-state index in [1.54, 1.807) is 0 Å². The Hall–Kier alpha value is -1.18. The lowest BCUT2D eigenvalue weighted by molar-refractivity contribution is -0.0258. The van der Waals surface area contributed by atoms with Gasteiger partial charge in [0.2, 0.25) is 0 Å². The van der Waals surface area contributed by atoms with Gasteiger partial charge in [-0.25, -0.2) is 0 Å². The van der Waals surface area contributed by atoms with Crippen molar-refractivity contribution in [3.8, 4) is 11.5 Å². The number of benzene rings is 1. The Labute approximate surface area is 160 Å². The number of rotatable bonds is 7. The first-order chi connectivity index (χ1) is 12.3.